The number of morpholine rings is 1. The van der Waals surface area contributed by atoms with E-state index in [4.69, 9.17) is 25.5 Å². The zero-order chi connectivity index (χ0) is 15.5. The zero-order valence-corrected chi connectivity index (χ0v) is 13.3. The second kappa shape index (κ2) is 6.64. The normalized spacial score (nSPS) is 19.3. The van der Waals surface area contributed by atoms with Gasteiger partial charge in [0, 0.05) is 31.6 Å². The Bertz CT molecular complexity index is 647. The highest BCUT2D eigenvalue weighted by Gasteiger charge is 2.26. The fraction of sp³-hybridized carbons (Fsp3) is 0.467. The predicted octanol–water partition coefficient (Wildman–Crippen LogP) is 2.61. The van der Waals surface area contributed by atoms with Gasteiger partial charge in [0.25, 0.3) is 0 Å². The molecule has 3 rings (SSSR count). The maximum atomic E-state index is 6.27. The number of hydrogen-bond acceptors (Lipinski definition) is 6. The van der Waals surface area contributed by atoms with E-state index in [-0.39, 0.29) is 6.10 Å². The Morgan fingerprint density at radius 1 is 1.41 bits per heavy atom. The van der Waals surface area contributed by atoms with Gasteiger partial charge in [-0.05, 0) is 23.8 Å². The number of aromatic nitrogens is 2. The van der Waals surface area contributed by atoms with Gasteiger partial charge >= 0.3 is 0 Å². The lowest BCUT2D eigenvalue weighted by Gasteiger charge is -2.31. The average molecular weight is 324 g/mol. The standard InChI is InChI=1S/C15H18ClN3O3/c1-10-17-18-15(22-10)14-9-19(5-6-21-14)8-11-7-12(20-2)3-4-13(11)16/h3-4,7,14H,5-6,8-9H2,1-2H3. The quantitative estimate of drug-likeness (QED) is 0.862. The fourth-order valence-electron chi connectivity index (χ4n) is 2.48. The first-order valence-electron chi connectivity index (χ1n) is 7.12. The molecule has 1 aliphatic heterocycles. The smallest absolute Gasteiger partial charge is 0.246 e. The van der Waals surface area contributed by atoms with Gasteiger partial charge in [0.2, 0.25) is 11.8 Å². The molecule has 0 bridgehead atoms. The molecule has 1 aromatic heterocycles. The predicted molar refractivity (Wildman–Crippen MR) is 81.0 cm³/mol. The van der Waals surface area contributed by atoms with E-state index in [1.807, 2.05) is 18.2 Å². The second-order valence-electron chi connectivity index (χ2n) is 5.21. The molecule has 118 valence electrons. The van der Waals surface area contributed by atoms with E-state index in [1.165, 1.54) is 0 Å². The summed E-state index contributed by atoms with van der Waals surface area (Å²) in [5.41, 5.74) is 1.03. The van der Waals surface area contributed by atoms with Crippen LogP contribution in [0.2, 0.25) is 5.02 Å². The van der Waals surface area contributed by atoms with Crippen molar-refractivity contribution in [2.24, 2.45) is 0 Å². The largest absolute Gasteiger partial charge is 0.497 e. The summed E-state index contributed by atoms with van der Waals surface area (Å²) in [7, 11) is 1.65. The SMILES string of the molecule is COc1ccc(Cl)c(CN2CCOC(c3nnc(C)o3)C2)c1. The fourth-order valence-corrected chi connectivity index (χ4v) is 2.65. The van der Waals surface area contributed by atoms with Crippen LogP contribution in [0.4, 0.5) is 0 Å². The summed E-state index contributed by atoms with van der Waals surface area (Å²) in [6.07, 6.45) is -0.195. The minimum Gasteiger partial charge on any atom is -0.497 e. The van der Waals surface area contributed by atoms with Crippen LogP contribution in [-0.2, 0) is 11.3 Å². The average Bonchev–Trinajstić information content (AvgIpc) is 2.96. The minimum atomic E-state index is -0.195. The molecular weight excluding hydrogens is 306 g/mol. The van der Waals surface area contributed by atoms with Crippen molar-refractivity contribution in [2.45, 2.75) is 19.6 Å². The van der Waals surface area contributed by atoms with Crippen molar-refractivity contribution in [3.8, 4) is 5.75 Å². The number of nitrogens with zero attached hydrogens (tertiary/aromatic N) is 3. The summed E-state index contributed by atoms with van der Waals surface area (Å²) in [4.78, 5) is 2.26. The third-order valence-electron chi connectivity index (χ3n) is 3.61. The van der Waals surface area contributed by atoms with Crippen molar-refractivity contribution in [3.05, 3.63) is 40.6 Å². The second-order valence-corrected chi connectivity index (χ2v) is 5.62. The molecule has 1 aliphatic rings. The molecule has 1 unspecified atom stereocenters. The Labute approximate surface area is 134 Å². The number of rotatable bonds is 4. The first-order valence-corrected chi connectivity index (χ1v) is 7.50. The van der Waals surface area contributed by atoms with Crippen LogP contribution in [-0.4, -0.2) is 41.9 Å². The summed E-state index contributed by atoms with van der Waals surface area (Å²) in [5.74, 6) is 1.88. The summed E-state index contributed by atoms with van der Waals surface area (Å²) < 4.78 is 16.4. The van der Waals surface area contributed by atoms with Gasteiger partial charge in [0.05, 0.1) is 13.7 Å². The van der Waals surface area contributed by atoms with E-state index in [0.29, 0.717) is 24.9 Å². The summed E-state index contributed by atoms with van der Waals surface area (Å²) >= 11 is 6.27. The van der Waals surface area contributed by atoms with Crippen molar-refractivity contribution in [2.75, 3.05) is 26.8 Å². The molecular formula is C15H18ClN3O3. The zero-order valence-electron chi connectivity index (χ0n) is 12.6. The van der Waals surface area contributed by atoms with E-state index in [1.54, 1.807) is 14.0 Å². The summed E-state index contributed by atoms with van der Waals surface area (Å²) in [6, 6.07) is 5.67. The maximum Gasteiger partial charge on any atom is 0.246 e. The lowest BCUT2D eigenvalue weighted by molar-refractivity contribution is -0.0457. The molecule has 1 fully saturated rings. The Morgan fingerprint density at radius 2 is 2.27 bits per heavy atom. The molecule has 6 nitrogen and oxygen atoms in total. The Morgan fingerprint density at radius 3 is 3.00 bits per heavy atom. The van der Waals surface area contributed by atoms with Crippen molar-refractivity contribution in [1.29, 1.82) is 0 Å². The molecule has 0 saturated carbocycles. The molecule has 7 heteroatoms. The number of benzene rings is 1. The third-order valence-corrected chi connectivity index (χ3v) is 3.98. The van der Waals surface area contributed by atoms with E-state index >= 15 is 0 Å². The van der Waals surface area contributed by atoms with Gasteiger partial charge in [-0.3, -0.25) is 4.90 Å². The molecule has 1 saturated heterocycles. The topological polar surface area (TPSA) is 60.6 Å². The van der Waals surface area contributed by atoms with Crippen LogP contribution in [0.3, 0.4) is 0 Å². The van der Waals surface area contributed by atoms with Gasteiger partial charge in [-0.2, -0.15) is 0 Å². The first kappa shape index (κ1) is 15.3. The highest BCUT2D eigenvalue weighted by atomic mass is 35.5. The maximum absolute atomic E-state index is 6.27. The molecule has 22 heavy (non-hydrogen) atoms. The molecule has 1 aromatic carbocycles. The lowest BCUT2D eigenvalue weighted by Crippen LogP contribution is -2.38. The van der Waals surface area contributed by atoms with E-state index in [9.17, 15) is 0 Å². The Balaban J connectivity index is 1.70. The van der Waals surface area contributed by atoms with E-state index < -0.39 is 0 Å². The van der Waals surface area contributed by atoms with Crippen LogP contribution < -0.4 is 4.74 Å². The molecule has 0 spiro atoms. The summed E-state index contributed by atoms with van der Waals surface area (Å²) in [5, 5.41) is 8.63. The van der Waals surface area contributed by atoms with Gasteiger partial charge < -0.3 is 13.9 Å². The third kappa shape index (κ3) is 3.40. The van der Waals surface area contributed by atoms with Crippen LogP contribution in [0.25, 0.3) is 0 Å². The number of aryl methyl sites for hydroxylation is 1. The lowest BCUT2D eigenvalue weighted by atomic mass is 10.1. The van der Waals surface area contributed by atoms with Crippen LogP contribution in [0.5, 0.6) is 5.75 Å². The molecule has 2 aromatic rings. The van der Waals surface area contributed by atoms with Crippen LogP contribution >= 0.6 is 11.6 Å². The van der Waals surface area contributed by atoms with Crippen LogP contribution in [0.1, 0.15) is 23.4 Å². The Kier molecular flexibility index (Phi) is 4.61. The monoisotopic (exact) mass is 323 g/mol. The number of ether oxygens (including phenoxy) is 2. The van der Waals surface area contributed by atoms with E-state index in [2.05, 4.69) is 15.1 Å². The molecule has 1 atom stereocenters. The highest BCUT2D eigenvalue weighted by molar-refractivity contribution is 6.31. The van der Waals surface area contributed by atoms with Gasteiger partial charge in [0.15, 0.2) is 0 Å². The van der Waals surface area contributed by atoms with E-state index in [0.717, 1.165) is 29.4 Å². The molecule has 0 radical (unpaired) electrons. The van der Waals surface area contributed by atoms with Crippen molar-refractivity contribution < 1.29 is 13.9 Å². The molecule has 2 heterocycles. The summed E-state index contributed by atoms with van der Waals surface area (Å²) in [6.45, 7) is 4.64. The molecule has 0 N–H and O–H groups in total. The van der Waals surface area contributed by atoms with Crippen molar-refractivity contribution >= 4 is 11.6 Å². The number of halogens is 1. The first-order chi connectivity index (χ1) is 10.7. The number of hydrogen-bond donors (Lipinski definition) is 0. The van der Waals surface area contributed by atoms with Crippen molar-refractivity contribution in [1.82, 2.24) is 15.1 Å². The van der Waals surface area contributed by atoms with Gasteiger partial charge in [-0.15, -0.1) is 10.2 Å². The molecule has 0 amide bonds. The van der Waals surface area contributed by atoms with Crippen molar-refractivity contribution in [3.63, 3.8) is 0 Å². The van der Waals surface area contributed by atoms with Crippen LogP contribution in [0.15, 0.2) is 22.6 Å². The van der Waals surface area contributed by atoms with Crippen LogP contribution in [0, 0.1) is 6.92 Å². The van der Waals surface area contributed by atoms with Gasteiger partial charge in [0.1, 0.15) is 11.9 Å². The Hall–Kier alpha value is -1.63. The van der Waals surface area contributed by atoms with Gasteiger partial charge in [-0.1, -0.05) is 11.6 Å². The highest BCUT2D eigenvalue weighted by Crippen LogP contribution is 2.26. The van der Waals surface area contributed by atoms with Gasteiger partial charge in [-0.25, -0.2) is 0 Å². The minimum absolute atomic E-state index is 0.195. The number of methoxy groups -OCH3 is 1. The molecule has 0 aliphatic carbocycles.